The van der Waals surface area contributed by atoms with Crippen LogP contribution in [0, 0.1) is 23.3 Å². The van der Waals surface area contributed by atoms with Crippen molar-refractivity contribution in [1.82, 2.24) is 0 Å². The Balaban J connectivity index is 1.81. The molecule has 0 heterocycles. The Bertz CT molecular complexity index is 987. The van der Waals surface area contributed by atoms with E-state index in [0.29, 0.717) is 12.8 Å². The van der Waals surface area contributed by atoms with Gasteiger partial charge in [0, 0.05) is 0 Å². The van der Waals surface area contributed by atoms with Gasteiger partial charge in [0.05, 0.1) is 0 Å². The fourth-order valence-corrected chi connectivity index (χ4v) is 11.4. The molecule has 29 heavy (non-hydrogen) atoms. The molecule has 0 spiro atoms. The Morgan fingerprint density at radius 1 is 0.621 bits per heavy atom. The summed E-state index contributed by atoms with van der Waals surface area (Å²) in [7, 11) is 0. The van der Waals surface area contributed by atoms with Crippen LogP contribution in [-0.2, 0) is 21.1 Å². The first-order valence-electron chi connectivity index (χ1n) is 8.98. The van der Waals surface area contributed by atoms with Gasteiger partial charge in [-0.1, -0.05) is 0 Å². The van der Waals surface area contributed by atoms with Crippen molar-refractivity contribution in [2.75, 3.05) is 0 Å². The maximum absolute atomic E-state index is 13.8. The molecule has 2 aromatic rings. The topological polar surface area (TPSA) is 18.5 Å². The average Bonchev–Trinajstić information content (AvgIpc) is 3.41. The van der Waals surface area contributed by atoms with Gasteiger partial charge in [-0.3, -0.25) is 0 Å². The quantitative estimate of drug-likeness (QED) is 0.448. The molecular weight excluding hydrogens is 463 g/mol. The van der Waals surface area contributed by atoms with Crippen LogP contribution in [0.5, 0.6) is 11.5 Å². The molecule has 0 bridgehead atoms. The average molecular weight is 480 g/mol. The Kier molecular flexibility index (Phi) is 5.59. The third-order valence-corrected chi connectivity index (χ3v) is 13.2. The van der Waals surface area contributed by atoms with Crippen molar-refractivity contribution < 1.29 is 44.3 Å². The molecule has 2 aromatic carbocycles. The van der Waals surface area contributed by atoms with E-state index in [9.17, 15) is 17.6 Å². The third-order valence-electron chi connectivity index (χ3n) is 4.69. The summed E-state index contributed by atoms with van der Waals surface area (Å²) in [6.07, 6.45) is 12.5. The number of hydrogen-bond acceptors (Lipinski definition) is 2. The first-order chi connectivity index (χ1) is 14.0. The van der Waals surface area contributed by atoms with Gasteiger partial charge in [0.15, 0.2) is 0 Å². The van der Waals surface area contributed by atoms with Crippen molar-refractivity contribution in [3.05, 3.63) is 103 Å². The summed E-state index contributed by atoms with van der Waals surface area (Å²) in [6.45, 7) is 0. The monoisotopic (exact) mass is 478 g/mol. The number of hydrogen-bond donors (Lipinski definition) is 0. The second-order valence-electron chi connectivity index (χ2n) is 6.62. The van der Waals surface area contributed by atoms with Crippen molar-refractivity contribution in [3.63, 3.8) is 0 Å². The van der Waals surface area contributed by atoms with E-state index in [2.05, 4.69) is 0 Å². The fraction of sp³-hybridized carbons (Fsp3) is 0.0909. The van der Waals surface area contributed by atoms with Crippen LogP contribution in [-0.4, -0.2) is 0 Å². The fourth-order valence-electron chi connectivity index (χ4n) is 3.28. The van der Waals surface area contributed by atoms with Gasteiger partial charge in [-0.05, 0) is 0 Å². The second-order valence-corrected chi connectivity index (χ2v) is 13.8. The molecule has 2 aliphatic carbocycles. The summed E-state index contributed by atoms with van der Waals surface area (Å²) in [4.78, 5) is 0. The van der Waals surface area contributed by atoms with E-state index in [1.165, 1.54) is 12.1 Å². The molecule has 0 fully saturated rings. The zero-order valence-corrected chi connectivity index (χ0v) is 17.6. The first kappa shape index (κ1) is 19.9. The minimum absolute atomic E-state index is 0.128. The summed E-state index contributed by atoms with van der Waals surface area (Å²) in [6, 6.07) is 6.60. The van der Waals surface area contributed by atoms with Gasteiger partial charge in [-0.2, -0.15) is 0 Å². The van der Waals surface area contributed by atoms with Gasteiger partial charge >= 0.3 is 171 Å². The van der Waals surface area contributed by atoms with Gasteiger partial charge in [0.2, 0.25) is 0 Å². The van der Waals surface area contributed by atoms with Crippen molar-refractivity contribution in [2.45, 2.75) is 12.8 Å². The van der Waals surface area contributed by atoms with E-state index in [-0.39, 0.29) is 11.5 Å². The molecule has 4 rings (SSSR count). The van der Waals surface area contributed by atoms with Crippen LogP contribution in [0.15, 0.2) is 79.4 Å². The molecular formula is C22H16F4O2Zr. The predicted octanol–water partition coefficient (Wildman–Crippen LogP) is 6.37. The van der Waals surface area contributed by atoms with Crippen molar-refractivity contribution >= 4 is 0 Å². The van der Waals surface area contributed by atoms with Crippen LogP contribution < -0.4 is 5.63 Å². The van der Waals surface area contributed by atoms with Crippen molar-refractivity contribution in [2.24, 2.45) is 0 Å². The van der Waals surface area contributed by atoms with E-state index in [0.717, 1.165) is 30.8 Å². The SMILES string of the molecule is Fc1ccc([O][Zr]([O]c2ccc(F)c(F)c2)([C]2=CC=CC2)[C]2=CC=CC2)cc1F. The Labute approximate surface area is 171 Å². The van der Waals surface area contributed by atoms with Gasteiger partial charge < -0.3 is 0 Å². The van der Waals surface area contributed by atoms with Gasteiger partial charge in [0.1, 0.15) is 0 Å². The van der Waals surface area contributed by atoms with Crippen LogP contribution in [0.4, 0.5) is 17.6 Å². The Hall–Kier alpha value is -2.40. The molecule has 0 aromatic heterocycles. The number of rotatable bonds is 6. The van der Waals surface area contributed by atoms with Crippen molar-refractivity contribution in [3.8, 4) is 11.5 Å². The van der Waals surface area contributed by atoms with Gasteiger partial charge in [-0.25, -0.2) is 0 Å². The second kappa shape index (κ2) is 8.15. The molecule has 0 saturated heterocycles. The molecule has 0 atom stereocenters. The summed E-state index contributed by atoms with van der Waals surface area (Å²) >= 11 is -4.46. The standard InChI is InChI=1S/2C6H4F2O.2C5H5.Zr/c2*7-5-2-1-4(9)3-6(5)8;2*1-2-4-5-3-1;/h2*1-3,9H;2*1-3H,4H2;/q;;;;+2/p-2. The molecule has 2 aliphatic rings. The number of halogens is 4. The van der Waals surface area contributed by atoms with Crippen LogP contribution in [0.1, 0.15) is 12.8 Å². The first-order valence-corrected chi connectivity index (χ1v) is 13.4. The van der Waals surface area contributed by atoms with E-state index < -0.39 is 44.4 Å². The summed E-state index contributed by atoms with van der Waals surface area (Å²) < 4.78 is 68.9. The Morgan fingerprint density at radius 2 is 1.07 bits per heavy atom. The Morgan fingerprint density at radius 3 is 1.41 bits per heavy atom. The molecule has 0 amide bonds. The molecule has 148 valence electrons. The number of benzene rings is 2. The summed E-state index contributed by atoms with van der Waals surface area (Å²) in [5.74, 6) is -3.78. The number of allylic oxidation sites excluding steroid dienone is 8. The van der Waals surface area contributed by atoms with E-state index in [1.54, 1.807) is 0 Å². The van der Waals surface area contributed by atoms with E-state index >= 15 is 0 Å². The molecule has 0 N–H and O–H groups in total. The predicted molar refractivity (Wildman–Crippen MR) is 97.7 cm³/mol. The van der Waals surface area contributed by atoms with E-state index in [1.807, 2.05) is 36.5 Å². The van der Waals surface area contributed by atoms with Gasteiger partial charge in [0.25, 0.3) is 0 Å². The maximum atomic E-state index is 13.8. The summed E-state index contributed by atoms with van der Waals surface area (Å²) in [5.41, 5.74) is 0. The van der Waals surface area contributed by atoms with Crippen LogP contribution in [0.2, 0.25) is 0 Å². The van der Waals surface area contributed by atoms with Crippen LogP contribution in [0.25, 0.3) is 0 Å². The van der Waals surface area contributed by atoms with E-state index in [4.69, 9.17) is 5.63 Å². The summed E-state index contributed by atoms with van der Waals surface area (Å²) in [5, 5.41) is 0. The minimum atomic E-state index is -4.46. The van der Waals surface area contributed by atoms with Gasteiger partial charge in [-0.15, -0.1) is 0 Å². The molecule has 0 aliphatic heterocycles. The van der Waals surface area contributed by atoms with Crippen LogP contribution >= 0.6 is 0 Å². The molecule has 0 radical (unpaired) electrons. The van der Waals surface area contributed by atoms with Crippen LogP contribution in [0.3, 0.4) is 0 Å². The third kappa shape index (κ3) is 4.02. The zero-order valence-electron chi connectivity index (χ0n) is 15.2. The molecule has 2 nitrogen and oxygen atoms in total. The molecule has 7 heteroatoms. The molecule has 0 saturated carbocycles. The normalized spacial score (nSPS) is 15.4. The zero-order chi connectivity index (χ0) is 20.4. The van der Waals surface area contributed by atoms with Crippen molar-refractivity contribution in [1.29, 1.82) is 0 Å². The molecule has 0 unspecified atom stereocenters.